The van der Waals surface area contributed by atoms with Gasteiger partial charge < -0.3 is 9.80 Å². The first-order valence-electron chi connectivity index (χ1n) is 11.4. The van der Waals surface area contributed by atoms with Crippen molar-refractivity contribution in [2.75, 3.05) is 36.0 Å². The Hall–Kier alpha value is -3.22. The summed E-state index contributed by atoms with van der Waals surface area (Å²) in [5.41, 5.74) is 2.68. The van der Waals surface area contributed by atoms with Gasteiger partial charge >= 0.3 is 0 Å². The van der Waals surface area contributed by atoms with Crippen molar-refractivity contribution >= 4 is 23.4 Å². The van der Waals surface area contributed by atoms with Gasteiger partial charge in [0.15, 0.2) is 5.82 Å². The van der Waals surface area contributed by atoms with Crippen LogP contribution in [0.5, 0.6) is 0 Å². The van der Waals surface area contributed by atoms with E-state index in [4.69, 9.17) is 11.6 Å². The second-order valence-corrected chi connectivity index (χ2v) is 10.1. The van der Waals surface area contributed by atoms with Gasteiger partial charge in [0.05, 0.1) is 30.0 Å². The van der Waals surface area contributed by atoms with E-state index >= 15 is 0 Å². The van der Waals surface area contributed by atoms with Crippen molar-refractivity contribution in [3.05, 3.63) is 58.3 Å². The van der Waals surface area contributed by atoms with Crippen LogP contribution in [0.4, 0.5) is 16.2 Å². The molecule has 6 rings (SSSR count). The van der Waals surface area contributed by atoms with E-state index in [1.54, 1.807) is 13.0 Å². The van der Waals surface area contributed by atoms with Crippen molar-refractivity contribution in [2.45, 2.75) is 33.0 Å². The maximum atomic E-state index is 13.6. The third-order valence-electron chi connectivity index (χ3n) is 7.17. The van der Waals surface area contributed by atoms with Gasteiger partial charge in [0.1, 0.15) is 11.6 Å². The standard InChI is InChI=1S/C24H24ClFN8/c1-15(8-27)31-9-17-7-18(25)3-5-20(17)34-22(10-31)29-30-23(34)33-13-24(14-33)11-32(12-24)21-6-4-19(26)16(2)28-21/h3-7,15H,9-14H2,1-2H3. The number of aromatic nitrogens is 4. The van der Waals surface area contributed by atoms with E-state index in [1.165, 1.54) is 6.07 Å². The van der Waals surface area contributed by atoms with Crippen molar-refractivity contribution in [3.8, 4) is 11.8 Å². The van der Waals surface area contributed by atoms with Gasteiger partial charge in [-0.1, -0.05) is 11.6 Å². The SMILES string of the molecule is Cc1nc(N2CC3(C2)CN(c2nnc4n2-c2ccc(Cl)cc2CN(C(C)C#N)C4)C3)ccc1F. The first kappa shape index (κ1) is 21.3. The lowest BCUT2D eigenvalue weighted by Gasteiger charge is -2.60. The molecular weight excluding hydrogens is 455 g/mol. The average Bonchev–Trinajstić information content (AvgIpc) is 3.08. The number of halogens is 2. The first-order chi connectivity index (χ1) is 16.4. The molecule has 1 unspecified atom stereocenters. The van der Waals surface area contributed by atoms with Crippen molar-refractivity contribution in [2.24, 2.45) is 5.41 Å². The van der Waals surface area contributed by atoms with Gasteiger partial charge in [-0.3, -0.25) is 9.47 Å². The molecule has 0 radical (unpaired) electrons. The summed E-state index contributed by atoms with van der Waals surface area (Å²) in [7, 11) is 0. The van der Waals surface area contributed by atoms with Gasteiger partial charge in [-0.25, -0.2) is 9.37 Å². The highest BCUT2D eigenvalue weighted by atomic mass is 35.5. The summed E-state index contributed by atoms with van der Waals surface area (Å²) in [6, 6.07) is 11.2. The third-order valence-corrected chi connectivity index (χ3v) is 7.40. The molecule has 2 aromatic heterocycles. The van der Waals surface area contributed by atoms with Gasteiger partial charge in [0.25, 0.3) is 0 Å². The third kappa shape index (κ3) is 3.32. The molecule has 2 fully saturated rings. The fraction of sp³-hybridized carbons (Fsp3) is 0.417. The molecule has 0 saturated carbocycles. The topological polar surface area (TPSA) is 77.1 Å². The van der Waals surface area contributed by atoms with E-state index < -0.39 is 0 Å². The minimum Gasteiger partial charge on any atom is -0.355 e. The highest BCUT2D eigenvalue weighted by Crippen LogP contribution is 2.44. The van der Waals surface area contributed by atoms with Crippen LogP contribution in [0, 0.1) is 29.5 Å². The molecule has 3 aliphatic rings. The molecule has 1 atom stereocenters. The molecule has 0 aliphatic carbocycles. The zero-order chi connectivity index (χ0) is 23.6. The Morgan fingerprint density at radius 3 is 2.59 bits per heavy atom. The Morgan fingerprint density at radius 2 is 1.85 bits per heavy atom. The Morgan fingerprint density at radius 1 is 1.09 bits per heavy atom. The monoisotopic (exact) mass is 478 g/mol. The summed E-state index contributed by atoms with van der Waals surface area (Å²) in [4.78, 5) is 10.9. The molecule has 174 valence electrons. The number of benzene rings is 1. The second kappa shape index (κ2) is 7.65. The first-order valence-corrected chi connectivity index (χ1v) is 11.7. The summed E-state index contributed by atoms with van der Waals surface area (Å²) in [6.45, 7) is 8.29. The number of fused-ring (bicyclic) bond motifs is 3. The van der Waals surface area contributed by atoms with Crippen LogP contribution in [0.2, 0.25) is 5.02 Å². The summed E-state index contributed by atoms with van der Waals surface area (Å²) in [5.74, 6) is 2.20. The minimum atomic E-state index is -0.273. The molecule has 2 saturated heterocycles. The van der Waals surface area contributed by atoms with Crippen LogP contribution in [0.15, 0.2) is 30.3 Å². The summed E-state index contributed by atoms with van der Waals surface area (Å²) >= 11 is 6.31. The molecule has 34 heavy (non-hydrogen) atoms. The van der Waals surface area contributed by atoms with E-state index in [1.807, 2.05) is 25.1 Å². The van der Waals surface area contributed by atoms with Gasteiger partial charge in [0.2, 0.25) is 5.95 Å². The van der Waals surface area contributed by atoms with Crippen molar-refractivity contribution in [1.82, 2.24) is 24.6 Å². The Labute approximate surface area is 202 Å². The Kier molecular flexibility index (Phi) is 4.80. The van der Waals surface area contributed by atoms with Crippen LogP contribution in [0.3, 0.4) is 0 Å². The number of nitrogens with zero attached hydrogens (tertiary/aromatic N) is 8. The molecule has 0 amide bonds. The summed E-state index contributed by atoms with van der Waals surface area (Å²) < 4.78 is 15.7. The van der Waals surface area contributed by atoms with Crippen LogP contribution in [0.25, 0.3) is 5.69 Å². The fourth-order valence-electron chi connectivity index (χ4n) is 5.31. The molecule has 1 aromatic carbocycles. The predicted molar refractivity (Wildman–Crippen MR) is 126 cm³/mol. The van der Waals surface area contributed by atoms with Crippen molar-refractivity contribution < 1.29 is 4.39 Å². The summed E-state index contributed by atoms with van der Waals surface area (Å²) in [5, 5.41) is 19.2. The smallest absolute Gasteiger partial charge is 0.231 e. The lowest BCUT2D eigenvalue weighted by atomic mass is 9.73. The van der Waals surface area contributed by atoms with Crippen LogP contribution < -0.4 is 9.80 Å². The largest absolute Gasteiger partial charge is 0.355 e. The molecule has 1 spiro atoms. The molecule has 0 N–H and O–H groups in total. The maximum absolute atomic E-state index is 13.6. The quantitative estimate of drug-likeness (QED) is 0.571. The molecule has 10 heteroatoms. The predicted octanol–water partition coefficient (Wildman–Crippen LogP) is 3.32. The number of hydrogen-bond donors (Lipinski definition) is 0. The van der Waals surface area contributed by atoms with E-state index in [2.05, 4.69) is 40.5 Å². The van der Waals surface area contributed by atoms with Crippen molar-refractivity contribution in [3.63, 3.8) is 0 Å². The van der Waals surface area contributed by atoms with Crippen molar-refractivity contribution in [1.29, 1.82) is 5.26 Å². The maximum Gasteiger partial charge on any atom is 0.231 e. The highest BCUT2D eigenvalue weighted by molar-refractivity contribution is 6.30. The zero-order valence-electron chi connectivity index (χ0n) is 19.0. The minimum absolute atomic E-state index is 0.186. The Balaban J connectivity index is 1.24. The van der Waals surface area contributed by atoms with Crippen LogP contribution in [-0.4, -0.2) is 56.9 Å². The van der Waals surface area contributed by atoms with Crippen LogP contribution in [0.1, 0.15) is 24.0 Å². The zero-order valence-corrected chi connectivity index (χ0v) is 19.8. The highest BCUT2D eigenvalue weighted by Gasteiger charge is 2.53. The summed E-state index contributed by atoms with van der Waals surface area (Å²) in [6.07, 6.45) is 0. The van der Waals surface area contributed by atoms with E-state index in [0.717, 1.165) is 55.0 Å². The van der Waals surface area contributed by atoms with Gasteiger partial charge in [-0.05, 0) is 49.7 Å². The van der Waals surface area contributed by atoms with Crippen LogP contribution >= 0.6 is 11.6 Å². The van der Waals surface area contributed by atoms with Gasteiger partial charge in [-0.15, -0.1) is 10.2 Å². The number of hydrogen-bond acceptors (Lipinski definition) is 7. The number of aryl methyl sites for hydroxylation is 1. The van der Waals surface area contributed by atoms with E-state index in [0.29, 0.717) is 23.8 Å². The fourth-order valence-corrected chi connectivity index (χ4v) is 5.50. The number of anilines is 2. The average molecular weight is 479 g/mol. The lowest BCUT2D eigenvalue weighted by molar-refractivity contribution is 0.153. The molecule has 8 nitrogen and oxygen atoms in total. The van der Waals surface area contributed by atoms with Crippen LogP contribution in [-0.2, 0) is 13.1 Å². The molecule has 3 aromatic rings. The molecule has 5 heterocycles. The molecule has 3 aliphatic heterocycles. The molecule has 0 bridgehead atoms. The number of rotatable bonds is 3. The number of pyridine rings is 1. The number of nitriles is 1. The molecular formula is C24H24ClFN8. The van der Waals surface area contributed by atoms with Gasteiger partial charge in [-0.2, -0.15) is 5.26 Å². The Bertz CT molecular complexity index is 1320. The van der Waals surface area contributed by atoms with E-state index in [9.17, 15) is 9.65 Å². The normalized spacial score (nSPS) is 19.5. The van der Waals surface area contributed by atoms with Gasteiger partial charge in [0, 0.05) is 43.2 Å². The van der Waals surface area contributed by atoms with E-state index in [-0.39, 0.29) is 17.3 Å². The lowest BCUT2D eigenvalue weighted by Crippen LogP contribution is -2.73. The second-order valence-electron chi connectivity index (χ2n) is 9.68.